The van der Waals surface area contributed by atoms with Crippen molar-refractivity contribution < 1.29 is 22.7 Å². The average molecular weight is 383 g/mol. The highest BCUT2D eigenvalue weighted by Crippen LogP contribution is 2.17. The molecule has 144 valence electrons. The van der Waals surface area contributed by atoms with Crippen molar-refractivity contribution in [2.75, 3.05) is 32.7 Å². The van der Waals surface area contributed by atoms with Gasteiger partial charge in [0.1, 0.15) is 5.75 Å². The molecule has 0 bridgehead atoms. The molecule has 1 fully saturated rings. The minimum Gasteiger partial charge on any atom is -0.491 e. The van der Waals surface area contributed by atoms with E-state index < -0.39 is 10.0 Å². The van der Waals surface area contributed by atoms with Crippen LogP contribution >= 0.6 is 0 Å². The summed E-state index contributed by atoms with van der Waals surface area (Å²) in [4.78, 5) is 26.8. The fourth-order valence-electron chi connectivity index (χ4n) is 2.59. The van der Waals surface area contributed by atoms with E-state index in [2.05, 4.69) is 4.72 Å². The quantitative estimate of drug-likeness (QED) is 0.769. The van der Waals surface area contributed by atoms with Crippen molar-refractivity contribution in [3.63, 3.8) is 0 Å². The van der Waals surface area contributed by atoms with E-state index in [4.69, 9.17) is 4.74 Å². The Hall–Kier alpha value is -2.13. The molecule has 0 radical (unpaired) electrons. The molecule has 0 unspecified atom stereocenters. The number of carbonyl (C=O) groups excluding carboxylic acids is 2. The molecule has 1 N–H and O–H groups in total. The van der Waals surface area contributed by atoms with Crippen LogP contribution in [0.15, 0.2) is 29.2 Å². The summed E-state index contributed by atoms with van der Waals surface area (Å²) in [5.74, 6) is 0.248. The Kier molecular flexibility index (Phi) is 6.60. The summed E-state index contributed by atoms with van der Waals surface area (Å²) in [5.41, 5.74) is 0. The molecule has 1 heterocycles. The molecule has 0 atom stereocenters. The van der Waals surface area contributed by atoms with Crippen molar-refractivity contribution in [2.24, 2.45) is 0 Å². The molecule has 2 amide bonds. The molecule has 8 nitrogen and oxygen atoms in total. The molecule has 1 aliphatic heterocycles. The van der Waals surface area contributed by atoms with Gasteiger partial charge in [0.2, 0.25) is 21.8 Å². The van der Waals surface area contributed by atoms with Gasteiger partial charge in [-0.2, -0.15) is 0 Å². The zero-order valence-electron chi connectivity index (χ0n) is 15.3. The monoisotopic (exact) mass is 383 g/mol. The first-order valence-corrected chi connectivity index (χ1v) is 9.97. The number of nitrogens with one attached hydrogen (secondary N) is 1. The second-order valence-corrected chi connectivity index (χ2v) is 8.12. The van der Waals surface area contributed by atoms with Gasteiger partial charge in [-0.1, -0.05) is 0 Å². The molecule has 2 rings (SSSR count). The number of amides is 2. The smallest absolute Gasteiger partial charge is 0.241 e. The van der Waals surface area contributed by atoms with Crippen molar-refractivity contribution in [1.29, 1.82) is 0 Å². The number of rotatable bonds is 6. The van der Waals surface area contributed by atoms with Gasteiger partial charge in [0.25, 0.3) is 0 Å². The van der Waals surface area contributed by atoms with Crippen LogP contribution in [0, 0.1) is 0 Å². The van der Waals surface area contributed by atoms with Gasteiger partial charge in [-0.25, -0.2) is 13.1 Å². The molecule has 0 aliphatic carbocycles. The van der Waals surface area contributed by atoms with Crippen molar-refractivity contribution in [3.8, 4) is 5.75 Å². The molecule has 0 saturated carbocycles. The largest absolute Gasteiger partial charge is 0.491 e. The van der Waals surface area contributed by atoms with Crippen LogP contribution in [0.2, 0.25) is 0 Å². The van der Waals surface area contributed by atoms with Gasteiger partial charge in [-0.15, -0.1) is 0 Å². The van der Waals surface area contributed by atoms with Crippen LogP contribution in [-0.2, 0) is 19.6 Å². The highest BCUT2D eigenvalue weighted by molar-refractivity contribution is 7.89. The van der Waals surface area contributed by atoms with E-state index in [1.165, 1.54) is 19.1 Å². The second kappa shape index (κ2) is 8.50. The lowest BCUT2D eigenvalue weighted by atomic mass is 10.3. The topological polar surface area (TPSA) is 96.0 Å². The van der Waals surface area contributed by atoms with Crippen LogP contribution in [0.5, 0.6) is 5.75 Å². The van der Waals surface area contributed by atoms with E-state index in [1.807, 2.05) is 13.8 Å². The van der Waals surface area contributed by atoms with Gasteiger partial charge < -0.3 is 14.5 Å². The third-order valence-electron chi connectivity index (χ3n) is 4.00. The fraction of sp³-hybridized carbons (Fsp3) is 0.529. The predicted octanol–water partition coefficient (Wildman–Crippen LogP) is 0.443. The molecular formula is C17H25N3O5S. The summed E-state index contributed by atoms with van der Waals surface area (Å²) in [6.07, 6.45) is -0.00308. The van der Waals surface area contributed by atoms with E-state index in [0.717, 1.165) is 0 Å². The minimum absolute atomic E-state index is 0.00308. The number of nitrogens with zero attached hydrogens (tertiary/aromatic N) is 2. The Bertz CT molecular complexity index is 738. The maximum atomic E-state index is 12.3. The molecule has 9 heteroatoms. The van der Waals surface area contributed by atoms with E-state index in [9.17, 15) is 18.0 Å². The highest BCUT2D eigenvalue weighted by atomic mass is 32.2. The van der Waals surface area contributed by atoms with Crippen LogP contribution < -0.4 is 9.46 Å². The molecule has 0 spiro atoms. The lowest BCUT2D eigenvalue weighted by Crippen LogP contribution is -2.52. The van der Waals surface area contributed by atoms with Crippen LogP contribution in [0.25, 0.3) is 0 Å². The lowest BCUT2D eigenvalue weighted by molar-refractivity contribution is -0.137. The number of piperazine rings is 1. The predicted molar refractivity (Wildman–Crippen MR) is 96.2 cm³/mol. The third kappa shape index (κ3) is 5.43. The molecule has 1 aromatic rings. The lowest BCUT2D eigenvalue weighted by Gasteiger charge is -2.34. The first kappa shape index (κ1) is 20.2. The van der Waals surface area contributed by atoms with Crippen molar-refractivity contribution in [3.05, 3.63) is 24.3 Å². The molecule has 0 aromatic heterocycles. The van der Waals surface area contributed by atoms with Crippen molar-refractivity contribution in [2.45, 2.75) is 31.8 Å². The normalized spacial score (nSPS) is 15.2. The number of sulfonamides is 1. The van der Waals surface area contributed by atoms with Crippen LogP contribution in [0.4, 0.5) is 0 Å². The molecule has 1 saturated heterocycles. The number of ether oxygens (including phenoxy) is 1. The van der Waals surface area contributed by atoms with E-state index in [1.54, 1.807) is 21.9 Å². The summed E-state index contributed by atoms with van der Waals surface area (Å²) in [7, 11) is -3.78. The molecular weight excluding hydrogens is 358 g/mol. The van der Waals surface area contributed by atoms with E-state index in [-0.39, 0.29) is 29.4 Å². The first-order valence-electron chi connectivity index (χ1n) is 8.48. The SMILES string of the molecule is CC(=O)N1CCN(C(=O)CNS(=O)(=O)c2ccc(OC(C)C)cc2)CC1. The van der Waals surface area contributed by atoms with Crippen LogP contribution in [0.3, 0.4) is 0 Å². The average Bonchev–Trinajstić information content (AvgIpc) is 2.60. The first-order chi connectivity index (χ1) is 12.2. The maximum absolute atomic E-state index is 12.3. The summed E-state index contributed by atoms with van der Waals surface area (Å²) in [6, 6.07) is 6.04. The zero-order chi connectivity index (χ0) is 19.3. The van der Waals surface area contributed by atoms with Gasteiger partial charge in [-0.3, -0.25) is 9.59 Å². The summed E-state index contributed by atoms with van der Waals surface area (Å²) >= 11 is 0. The zero-order valence-corrected chi connectivity index (χ0v) is 16.1. The Labute approximate surface area is 154 Å². The second-order valence-electron chi connectivity index (χ2n) is 6.35. The Morgan fingerprint density at radius 1 is 1.08 bits per heavy atom. The molecule has 1 aromatic carbocycles. The van der Waals surface area contributed by atoms with Crippen LogP contribution in [0.1, 0.15) is 20.8 Å². The van der Waals surface area contributed by atoms with E-state index in [0.29, 0.717) is 31.9 Å². The number of carbonyl (C=O) groups is 2. The minimum atomic E-state index is -3.78. The number of hydrogen-bond acceptors (Lipinski definition) is 5. The van der Waals surface area contributed by atoms with Crippen molar-refractivity contribution in [1.82, 2.24) is 14.5 Å². The van der Waals surface area contributed by atoms with Gasteiger partial charge >= 0.3 is 0 Å². The summed E-state index contributed by atoms with van der Waals surface area (Å²) in [5, 5.41) is 0. The van der Waals surface area contributed by atoms with Crippen LogP contribution in [-0.4, -0.2) is 68.9 Å². The molecule has 26 heavy (non-hydrogen) atoms. The third-order valence-corrected chi connectivity index (χ3v) is 5.41. The Balaban J connectivity index is 1.89. The Morgan fingerprint density at radius 2 is 1.62 bits per heavy atom. The maximum Gasteiger partial charge on any atom is 0.241 e. The molecule has 1 aliphatic rings. The standard InChI is InChI=1S/C17H25N3O5S/c1-13(2)25-15-4-6-16(7-5-15)26(23,24)18-12-17(22)20-10-8-19(9-11-20)14(3)21/h4-7,13,18H,8-12H2,1-3H3. The van der Waals surface area contributed by atoms with Gasteiger partial charge in [0.15, 0.2) is 0 Å². The van der Waals surface area contributed by atoms with Crippen molar-refractivity contribution >= 4 is 21.8 Å². The van der Waals surface area contributed by atoms with E-state index >= 15 is 0 Å². The fourth-order valence-corrected chi connectivity index (χ4v) is 3.57. The number of benzene rings is 1. The number of hydrogen-bond donors (Lipinski definition) is 1. The van der Waals surface area contributed by atoms with Gasteiger partial charge in [0.05, 0.1) is 17.5 Å². The van der Waals surface area contributed by atoms with Gasteiger partial charge in [-0.05, 0) is 38.1 Å². The highest BCUT2D eigenvalue weighted by Gasteiger charge is 2.23. The van der Waals surface area contributed by atoms with Gasteiger partial charge in [0, 0.05) is 33.1 Å². The Morgan fingerprint density at radius 3 is 2.12 bits per heavy atom. The summed E-state index contributed by atoms with van der Waals surface area (Å²) < 4.78 is 32.4. The summed E-state index contributed by atoms with van der Waals surface area (Å²) in [6.45, 7) is 6.68.